The van der Waals surface area contributed by atoms with Crippen molar-refractivity contribution >= 4 is 17.9 Å². The maximum atomic E-state index is 12.8. The third-order valence-electron chi connectivity index (χ3n) is 12.5. The molecule has 0 aromatic heterocycles. The molecular formula is C60H108O6. The molecule has 0 fully saturated rings. The van der Waals surface area contributed by atoms with Crippen molar-refractivity contribution in [3.8, 4) is 0 Å². The maximum Gasteiger partial charge on any atom is 0.306 e. The summed E-state index contributed by atoms with van der Waals surface area (Å²) in [6, 6.07) is 0. The maximum absolute atomic E-state index is 12.8. The molecule has 1 atom stereocenters. The van der Waals surface area contributed by atoms with E-state index < -0.39 is 6.10 Å². The van der Waals surface area contributed by atoms with E-state index in [4.69, 9.17) is 14.2 Å². The average Bonchev–Trinajstić information content (AvgIpc) is 3.31. The second-order valence-electron chi connectivity index (χ2n) is 19.2. The second-order valence-corrected chi connectivity index (χ2v) is 19.2. The number of esters is 3. The van der Waals surface area contributed by atoms with E-state index >= 15 is 0 Å². The molecule has 1 unspecified atom stereocenters. The van der Waals surface area contributed by atoms with Crippen LogP contribution in [0.3, 0.4) is 0 Å². The molecule has 0 amide bonds. The van der Waals surface area contributed by atoms with Gasteiger partial charge in [-0.3, -0.25) is 14.4 Å². The lowest BCUT2D eigenvalue weighted by atomic mass is 10.1. The lowest BCUT2D eigenvalue weighted by Crippen LogP contribution is -2.30. The molecule has 6 nitrogen and oxygen atoms in total. The van der Waals surface area contributed by atoms with E-state index in [1.165, 1.54) is 161 Å². The van der Waals surface area contributed by atoms with Gasteiger partial charge in [0.05, 0.1) is 0 Å². The number of unbranched alkanes of at least 4 members (excludes halogenated alkanes) is 33. The van der Waals surface area contributed by atoms with E-state index in [2.05, 4.69) is 69.4 Å². The van der Waals surface area contributed by atoms with Gasteiger partial charge in [0, 0.05) is 19.3 Å². The average molecular weight is 926 g/mol. The molecule has 0 aliphatic heterocycles. The van der Waals surface area contributed by atoms with Crippen molar-refractivity contribution in [2.24, 2.45) is 0 Å². The molecule has 6 heteroatoms. The molecule has 0 aromatic rings. The third kappa shape index (κ3) is 52.3. The van der Waals surface area contributed by atoms with Crippen LogP contribution in [0.25, 0.3) is 0 Å². The minimum absolute atomic E-state index is 0.0819. The smallest absolute Gasteiger partial charge is 0.306 e. The summed E-state index contributed by atoms with van der Waals surface area (Å²) >= 11 is 0. The minimum atomic E-state index is -0.783. The molecule has 0 aliphatic rings. The van der Waals surface area contributed by atoms with Crippen LogP contribution in [0.15, 0.2) is 48.6 Å². The number of carbonyl (C=O) groups is 3. The zero-order valence-corrected chi connectivity index (χ0v) is 44.0. The Morgan fingerprint density at radius 3 is 0.924 bits per heavy atom. The van der Waals surface area contributed by atoms with Gasteiger partial charge in [0.15, 0.2) is 6.10 Å². The summed E-state index contributed by atoms with van der Waals surface area (Å²) in [5.41, 5.74) is 0. The second kappa shape index (κ2) is 55.0. The Hall–Kier alpha value is -2.63. The van der Waals surface area contributed by atoms with Gasteiger partial charge in [-0.15, -0.1) is 0 Å². The summed E-state index contributed by atoms with van der Waals surface area (Å²) in [7, 11) is 0. The predicted octanol–water partition coefficient (Wildman–Crippen LogP) is 19.0. The summed E-state index contributed by atoms with van der Waals surface area (Å²) in [5.74, 6) is -0.894. The summed E-state index contributed by atoms with van der Waals surface area (Å²) in [6.07, 6.45) is 66.7. The quantitative estimate of drug-likeness (QED) is 0.0262. The van der Waals surface area contributed by atoms with Gasteiger partial charge in [-0.1, -0.05) is 230 Å². The lowest BCUT2D eigenvalue weighted by molar-refractivity contribution is -0.167. The largest absolute Gasteiger partial charge is 0.462 e. The Bertz CT molecular complexity index is 1150. The Kier molecular flexibility index (Phi) is 52.8. The van der Waals surface area contributed by atoms with Crippen LogP contribution in [-0.4, -0.2) is 37.2 Å². The molecule has 0 saturated heterocycles. The van der Waals surface area contributed by atoms with E-state index in [0.717, 1.165) is 96.3 Å². The summed E-state index contributed by atoms with van der Waals surface area (Å²) in [5, 5.41) is 0. The predicted molar refractivity (Wildman–Crippen MR) is 284 cm³/mol. The van der Waals surface area contributed by atoms with E-state index in [9.17, 15) is 14.4 Å². The van der Waals surface area contributed by atoms with Gasteiger partial charge in [0.25, 0.3) is 0 Å². The molecule has 66 heavy (non-hydrogen) atoms. The highest BCUT2D eigenvalue weighted by Gasteiger charge is 2.19. The number of hydrogen-bond acceptors (Lipinski definition) is 6. The Morgan fingerprint density at radius 2 is 0.591 bits per heavy atom. The molecule has 0 bridgehead atoms. The molecule has 0 radical (unpaired) electrons. The van der Waals surface area contributed by atoms with Gasteiger partial charge in [0.1, 0.15) is 13.2 Å². The normalized spacial score (nSPS) is 12.3. The van der Waals surface area contributed by atoms with E-state index in [1.807, 2.05) is 0 Å². The monoisotopic (exact) mass is 925 g/mol. The van der Waals surface area contributed by atoms with Crippen molar-refractivity contribution in [1.82, 2.24) is 0 Å². The zero-order chi connectivity index (χ0) is 47.9. The highest BCUT2D eigenvalue weighted by molar-refractivity contribution is 5.71. The van der Waals surface area contributed by atoms with Crippen LogP contribution in [-0.2, 0) is 28.6 Å². The summed E-state index contributed by atoms with van der Waals surface area (Å²) in [4.78, 5) is 38.1. The van der Waals surface area contributed by atoms with Crippen LogP contribution >= 0.6 is 0 Å². The third-order valence-corrected chi connectivity index (χ3v) is 12.5. The number of allylic oxidation sites excluding steroid dienone is 8. The fourth-order valence-electron chi connectivity index (χ4n) is 8.24. The van der Waals surface area contributed by atoms with E-state index in [0.29, 0.717) is 19.3 Å². The topological polar surface area (TPSA) is 78.9 Å². The SMILES string of the molecule is CC/C=C\C/C=C\CCCCCCCCCC(=O)OCC(COC(=O)CCCCCCC/C=C\CCCCCCCCCCC)OC(=O)CCCCCCC/C=C\CCCCCCCCC. The fraction of sp³-hybridized carbons (Fsp3) is 0.817. The Balaban J connectivity index is 4.38. The van der Waals surface area contributed by atoms with Crippen LogP contribution < -0.4 is 0 Å². The number of rotatable bonds is 52. The van der Waals surface area contributed by atoms with Crippen molar-refractivity contribution in [3.05, 3.63) is 48.6 Å². The van der Waals surface area contributed by atoms with Crippen molar-refractivity contribution in [3.63, 3.8) is 0 Å². The molecular weight excluding hydrogens is 817 g/mol. The van der Waals surface area contributed by atoms with Crippen LogP contribution in [0, 0.1) is 0 Å². The van der Waals surface area contributed by atoms with Gasteiger partial charge in [-0.25, -0.2) is 0 Å². The first kappa shape index (κ1) is 63.4. The summed E-state index contributed by atoms with van der Waals surface area (Å²) in [6.45, 7) is 6.54. The number of hydrogen-bond donors (Lipinski definition) is 0. The molecule has 0 N–H and O–H groups in total. The number of ether oxygens (including phenoxy) is 3. The standard InChI is InChI=1S/C60H108O6/c1-4-7-10-13-16-19-22-25-28-30-31-33-35-38-41-44-47-50-53-59(62)65-56-57(55-64-58(61)52-49-46-43-40-37-34-27-24-21-18-15-12-9-6-3)66-60(63)54-51-48-45-42-39-36-32-29-26-23-20-17-14-11-8-5-2/h9,12,18,21,29,31-33,57H,4-8,10-11,13-17,19-20,22-28,30,34-56H2,1-3H3/b12-9-,21-18-,32-29-,33-31-. The molecule has 0 aliphatic carbocycles. The van der Waals surface area contributed by atoms with Gasteiger partial charge >= 0.3 is 17.9 Å². The summed E-state index contributed by atoms with van der Waals surface area (Å²) < 4.78 is 16.9. The van der Waals surface area contributed by atoms with Gasteiger partial charge < -0.3 is 14.2 Å². The van der Waals surface area contributed by atoms with Crippen LogP contribution in [0.5, 0.6) is 0 Å². The van der Waals surface area contributed by atoms with E-state index in [-0.39, 0.29) is 31.1 Å². The zero-order valence-electron chi connectivity index (χ0n) is 44.0. The van der Waals surface area contributed by atoms with E-state index in [1.54, 1.807) is 0 Å². The van der Waals surface area contributed by atoms with Crippen LogP contribution in [0.1, 0.15) is 297 Å². The van der Waals surface area contributed by atoms with Crippen molar-refractivity contribution in [2.75, 3.05) is 13.2 Å². The van der Waals surface area contributed by atoms with Gasteiger partial charge in [-0.05, 0) is 96.3 Å². The lowest BCUT2D eigenvalue weighted by Gasteiger charge is -2.18. The fourth-order valence-corrected chi connectivity index (χ4v) is 8.24. The molecule has 0 spiro atoms. The first-order valence-electron chi connectivity index (χ1n) is 28.6. The molecule has 0 rings (SSSR count). The van der Waals surface area contributed by atoms with Gasteiger partial charge in [-0.2, -0.15) is 0 Å². The molecule has 384 valence electrons. The Labute approximate surface area is 409 Å². The molecule has 0 heterocycles. The van der Waals surface area contributed by atoms with Gasteiger partial charge in [0.2, 0.25) is 0 Å². The number of carbonyl (C=O) groups excluding carboxylic acids is 3. The van der Waals surface area contributed by atoms with Crippen LogP contribution in [0.4, 0.5) is 0 Å². The Morgan fingerprint density at radius 1 is 0.318 bits per heavy atom. The highest BCUT2D eigenvalue weighted by Crippen LogP contribution is 2.15. The minimum Gasteiger partial charge on any atom is -0.462 e. The first-order valence-corrected chi connectivity index (χ1v) is 28.6. The van der Waals surface area contributed by atoms with Crippen molar-refractivity contribution < 1.29 is 28.6 Å². The first-order chi connectivity index (χ1) is 32.5. The highest BCUT2D eigenvalue weighted by atomic mass is 16.6. The van der Waals surface area contributed by atoms with Crippen molar-refractivity contribution in [1.29, 1.82) is 0 Å². The van der Waals surface area contributed by atoms with Crippen molar-refractivity contribution in [2.45, 2.75) is 303 Å². The molecule has 0 aromatic carbocycles. The van der Waals surface area contributed by atoms with Crippen LogP contribution in [0.2, 0.25) is 0 Å². The molecule has 0 saturated carbocycles.